The van der Waals surface area contributed by atoms with Crippen molar-refractivity contribution in [1.82, 2.24) is 4.90 Å². The highest BCUT2D eigenvalue weighted by Crippen LogP contribution is 2.46. The van der Waals surface area contributed by atoms with E-state index in [1.54, 1.807) is 0 Å². The number of rotatable bonds is 2. The monoisotopic (exact) mass is 343 g/mol. The number of ether oxygens (including phenoxy) is 1. The topological polar surface area (TPSA) is 29.5 Å². The lowest BCUT2D eigenvalue weighted by molar-refractivity contribution is -0.150. The molecule has 2 bridgehead atoms. The van der Waals surface area contributed by atoms with E-state index in [2.05, 4.69) is 24.1 Å². The Morgan fingerprint density at radius 1 is 1.36 bits per heavy atom. The smallest absolute Gasteiger partial charge is 0.310 e. The molecular weight excluding hydrogens is 321 g/mol. The second-order valence-corrected chi connectivity index (χ2v) is 6.77. The molecule has 0 N–H and O–H groups in total. The second kappa shape index (κ2) is 6.77. The summed E-state index contributed by atoms with van der Waals surface area (Å²) in [4.78, 5) is 14.7. The van der Waals surface area contributed by atoms with Crippen LogP contribution in [0.5, 0.6) is 0 Å². The van der Waals surface area contributed by atoms with Crippen LogP contribution in [0, 0.1) is 12.8 Å². The van der Waals surface area contributed by atoms with Crippen LogP contribution >= 0.6 is 24.0 Å². The predicted molar refractivity (Wildman–Crippen MR) is 90.9 cm³/mol. The van der Waals surface area contributed by atoms with Crippen molar-refractivity contribution in [3.05, 3.63) is 34.3 Å². The summed E-state index contributed by atoms with van der Waals surface area (Å²) in [5, 5.41) is 0.782. The lowest BCUT2D eigenvalue weighted by Gasteiger charge is -2.41. The number of nitrogens with zero attached hydrogens (tertiary/aromatic N) is 1. The summed E-state index contributed by atoms with van der Waals surface area (Å²) < 4.78 is 5.10. The summed E-state index contributed by atoms with van der Waals surface area (Å²) in [6, 6.07) is 7.03. The third-order valence-electron chi connectivity index (χ3n) is 5.35. The molecule has 0 radical (unpaired) electrons. The fourth-order valence-corrected chi connectivity index (χ4v) is 4.28. The van der Waals surface area contributed by atoms with E-state index in [0.717, 1.165) is 23.4 Å². The fraction of sp³-hybridized carbons (Fsp3) is 0.588. The van der Waals surface area contributed by atoms with Gasteiger partial charge in [-0.2, -0.15) is 0 Å². The maximum absolute atomic E-state index is 12.4. The van der Waals surface area contributed by atoms with Crippen LogP contribution in [-0.2, 0) is 9.53 Å². The Bertz CT molecular complexity index is 564. The maximum Gasteiger partial charge on any atom is 0.310 e. The zero-order valence-electron chi connectivity index (χ0n) is 13.2. The summed E-state index contributed by atoms with van der Waals surface area (Å²) in [5.41, 5.74) is 2.29. The fourth-order valence-electron chi connectivity index (χ4n) is 4.17. The van der Waals surface area contributed by atoms with Crippen molar-refractivity contribution in [3.8, 4) is 0 Å². The van der Waals surface area contributed by atoms with E-state index >= 15 is 0 Å². The average molecular weight is 344 g/mol. The zero-order chi connectivity index (χ0) is 15.1. The molecule has 5 heteroatoms. The molecule has 0 amide bonds. The molecule has 0 aromatic heterocycles. The molecule has 0 saturated carbocycles. The molecule has 0 aliphatic carbocycles. The number of hydrogen-bond acceptors (Lipinski definition) is 3. The highest BCUT2D eigenvalue weighted by atomic mass is 35.5. The van der Waals surface area contributed by atoms with Crippen molar-refractivity contribution in [2.24, 2.45) is 5.92 Å². The van der Waals surface area contributed by atoms with Crippen LogP contribution in [-0.4, -0.2) is 37.1 Å². The van der Waals surface area contributed by atoms with Crippen LogP contribution < -0.4 is 0 Å². The normalized spacial score (nSPS) is 30.7. The quantitative estimate of drug-likeness (QED) is 0.764. The molecule has 3 rings (SSSR count). The van der Waals surface area contributed by atoms with E-state index < -0.39 is 0 Å². The number of aryl methyl sites for hydroxylation is 1. The predicted octanol–water partition coefficient (Wildman–Crippen LogP) is 3.81. The van der Waals surface area contributed by atoms with Crippen LogP contribution in [0.25, 0.3) is 0 Å². The van der Waals surface area contributed by atoms with Gasteiger partial charge in [-0.05, 0) is 50.4 Å². The van der Waals surface area contributed by atoms with Gasteiger partial charge in [0.15, 0.2) is 0 Å². The van der Waals surface area contributed by atoms with Gasteiger partial charge in [0.25, 0.3) is 0 Å². The molecule has 1 aromatic rings. The number of halogens is 2. The highest BCUT2D eigenvalue weighted by molar-refractivity contribution is 6.31. The summed E-state index contributed by atoms with van der Waals surface area (Å²) in [5.74, 6) is 0.0891. The van der Waals surface area contributed by atoms with Crippen LogP contribution in [0.1, 0.15) is 36.3 Å². The molecule has 3 nitrogen and oxygen atoms in total. The van der Waals surface area contributed by atoms with Crippen molar-refractivity contribution in [3.63, 3.8) is 0 Å². The van der Waals surface area contributed by atoms with Crippen molar-refractivity contribution in [2.75, 3.05) is 14.2 Å². The van der Waals surface area contributed by atoms with Crippen molar-refractivity contribution in [2.45, 2.75) is 44.2 Å². The highest BCUT2D eigenvalue weighted by Gasteiger charge is 2.49. The van der Waals surface area contributed by atoms with E-state index in [-0.39, 0.29) is 30.2 Å². The third-order valence-corrected chi connectivity index (χ3v) is 5.78. The molecule has 0 spiro atoms. The number of carbonyl (C=O) groups is 1. The van der Waals surface area contributed by atoms with Crippen molar-refractivity contribution < 1.29 is 9.53 Å². The van der Waals surface area contributed by atoms with Crippen LogP contribution in [0.3, 0.4) is 0 Å². The van der Waals surface area contributed by atoms with Crippen molar-refractivity contribution in [1.29, 1.82) is 0 Å². The Kier molecular flexibility index (Phi) is 5.41. The van der Waals surface area contributed by atoms with Gasteiger partial charge in [0.2, 0.25) is 0 Å². The van der Waals surface area contributed by atoms with E-state index in [1.165, 1.54) is 19.1 Å². The lowest BCUT2D eigenvalue weighted by Crippen LogP contribution is -2.49. The minimum absolute atomic E-state index is 0. The first-order valence-corrected chi connectivity index (χ1v) is 7.96. The van der Waals surface area contributed by atoms with Gasteiger partial charge in [-0.15, -0.1) is 12.4 Å². The summed E-state index contributed by atoms with van der Waals surface area (Å²) in [6.07, 6.45) is 3.29. The van der Waals surface area contributed by atoms with Crippen LogP contribution in [0.15, 0.2) is 18.2 Å². The summed E-state index contributed by atoms with van der Waals surface area (Å²) in [7, 11) is 3.63. The Hall–Kier alpha value is -0.770. The van der Waals surface area contributed by atoms with E-state index in [0.29, 0.717) is 12.1 Å². The zero-order valence-corrected chi connectivity index (χ0v) is 14.8. The van der Waals surface area contributed by atoms with Gasteiger partial charge in [-0.3, -0.25) is 9.69 Å². The third kappa shape index (κ3) is 2.86. The van der Waals surface area contributed by atoms with Gasteiger partial charge in [0, 0.05) is 23.0 Å². The van der Waals surface area contributed by atoms with Gasteiger partial charge in [0.1, 0.15) is 0 Å². The van der Waals surface area contributed by atoms with Gasteiger partial charge < -0.3 is 4.74 Å². The van der Waals surface area contributed by atoms with Gasteiger partial charge in [-0.1, -0.05) is 23.7 Å². The van der Waals surface area contributed by atoms with Gasteiger partial charge >= 0.3 is 5.97 Å². The van der Waals surface area contributed by atoms with Crippen molar-refractivity contribution >= 4 is 30.0 Å². The maximum atomic E-state index is 12.4. The molecule has 0 unspecified atom stereocenters. The Labute approximate surface area is 143 Å². The van der Waals surface area contributed by atoms with Gasteiger partial charge in [-0.25, -0.2) is 0 Å². The SMILES string of the molecule is COC(=O)[C@H]1[C@@H](c2ccc(Cl)c(C)c2)C[C@H]2CC[C@H]1N2C.Cl. The number of methoxy groups -OCH3 is 1. The number of benzene rings is 1. The standard InChI is InChI=1S/C17H22ClNO2.ClH/c1-10-8-11(4-6-14(10)18)13-9-12-5-7-15(19(12)2)16(13)17(20)21-3;/h4,6,8,12-13,15-16H,5,7,9H2,1-3H3;1H/t12-,13-,15-,16+;/m1./s1. The molecule has 122 valence electrons. The van der Waals surface area contributed by atoms with Gasteiger partial charge in [0.05, 0.1) is 13.0 Å². The average Bonchev–Trinajstić information content (AvgIpc) is 2.72. The number of fused-ring (bicyclic) bond motifs is 2. The molecule has 2 saturated heterocycles. The minimum atomic E-state index is -0.0789. The van der Waals surface area contributed by atoms with Crippen LogP contribution in [0.2, 0.25) is 5.02 Å². The molecule has 2 heterocycles. The molecule has 2 aliphatic rings. The number of esters is 1. The Balaban J connectivity index is 0.00000176. The largest absolute Gasteiger partial charge is 0.469 e. The molecule has 1 aromatic carbocycles. The minimum Gasteiger partial charge on any atom is -0.469 e. The molecule has 2 fully saturated rings. The second-order valence-electron chi connectivity index (χ2n) is 6.36. The number of carbonyl (C=O) groups excluding carboxylic acids is 1. The number of piperidine rings is 1. The summed E-state index contributed by atoms with van der Waals surface area (Å²) >= 11 is 6.14. The first kappa shape index (κ1) is 17.6. The van der Waals surface area contributed by atoms with E-state index in [9.17, 15) is 4.79 Å². The Morgan fingerprint density at radius 3 is 2.73 bits per heavy atom. The number of hydrogen-bond donors (Lipinski definition) is 0. The molecule has 22 heavy (non-hydrogen) atoms. The Morgan fingerprint density at radius 2 is 2.09 bits per heavy atom. The first-order valence-electron chi connectivity index (χ1n) is 7.58. The molecule has 4 atom stereocenters. The van der Waals surface area contributed by atoms with Crippen LogP contribution in [0.4, 0.5) is 0 Å². The summed E-state index contributed by atoms with van der Waals surface area (Å²) in [6.45, 7) is 2.02. The first-order chi connectivity index (χ1) is 10.0. The van der Waals surface area contributed by atoms with E-state index in [4.69, 9.17) is 16.3 Å². The lowest BCUT2D eigenvalue weighted by atomic mass is 9.76. The molecule has 2 aliphatic heterocycles. The van der Waals surface area contributed by atoms with E-state index in [1.807, 2.05) is 13.0 Å². The molecular formula is C17H23Cl2NO2.